The Morgan fingerprint density at radius 3 is 2.26 bits per heavy atom. The summed E-state index contributed by atoms with van der Waals surface area (Å²) in [6.45, 7) is 11.8. The maximum absolute atomic E-state index is 13.8. The molecule has 0 aliphatic carbocycles. The molecule has 3 amide bonds. The van der Waals surface area contributed by atoms with E-state index in [2.05, 4.69) is 10.6 Å². The zero-order valence-corrected chi connectivity index (χ0v) is 22.9. The van der Waals surface area contributed by atoms with Crippen LogP contribution in [0.3, 0.4) is 0 Å². The zero-order chi connectivity index (χ0) is 27.0. The smallest absolute Gasteiger partial charge is 0.408 e. The summed E-state index contributed by atoms with van der Waals surface area (Å²) in [5.74, 6) is -0.312. The van der Waals surface area contributed by atoms with Crippen molar-refractivity contribution in [2.24, 2.45) is 0 Å². The number of carbonyl (C=O) groups is 3. The summed E-state index contributed by atoms with van der Waals surface area (Å²) in [7, 11) is 0. The van der Waals surface area contributed by atoms with Crippen LogP contribution < -0.4 is 10.6 Å². The highest BCUT2D eigenvalue weighted by molar-refractivity contribution is 7.98. The minimum atomic E-state index is -1.09. The number of nitrogens with zero attached hydrogens (tertiary/aromatic N) is 1. The van der Waals surface area contributed by atoms with Gasteiger partial charge in [-0.1, -0.05) is 6.07 Å². The van der Waals surface area contributed by atoms with Crippen molar-refractivity contribution in [1.29, 1.82) is 0 Å². The van der Waals surface area contributed by atoms with E-state index in [-0.39, 0.29) is 18.9 Å². The van der Waals surface area contributed by atoms with Gasteiger partial charge in [0, 0.05) is 12.1 Å². The minimum absolute atomic E-state index is 0.0632. The Morgan fingerprint density at radius 1 is 1.14 bits per heavy atom. The Kier molecular flexibility index (Phi) is 11.4. The second-order valence-corrected chi connectivity index (χ2v) is 11.4. The van der Waals surface area contributed by atoms with Crippen LogP contribution in [0.1, 0.15) is 65.1 Å². The van der Waals surface area contributed by atoms with Crippen molar-refractivity contribution >= 4 is 29.7 Å². The van der Waals surface area contributed by atoms with Crippen LogP contribution in [0.15, 0.2) is 18.2 Å². The van der Waals surface area contributed by atoms with Crippen LogP contribution in [0, 0.1) is 6.92 Å². The molecule has 0 fully saturated rings. The molecule has 1 aromatic rings. The first-order valence-corrected chi connectivity index (χ1v) is 13.0. The quantitative estimate of drug-likeness (QED) is 0.380. The average molecular weight is 512 g/mol. The van der Waals surface area contributed by atoms with E-state index < -0.39 is 41.1 Å². The molecule has 2 unspecified atom stereocenters. The molecule has 1 rings (SSSR count). The molecule has 0 aliphatic heterocycles. The molecule has 10 heteroatoms. The van der Waals surface area contributed by atoms with Gasteiger partial charge in [0.15, 0.2) is 0 Å². The maximum atomic E-state index is 13.8. The highest BCUT2D eigenvalue weighted by Gasteiger charge is 2.37. The Labute approximate surface area is 213 Å². The number of alkyl carbamates (subject to hydrolysis) is 1. The van der Waals surface area contributed by atoms with Gasteiger partial charge >= 0.3 is 6.09 Å². The van der Waals surface area contributed by atoms with Gasteiger partial charge in [-0.25, -0.2) is 4.79 Å². The third kappa shape index (κ3) is 10.4. The number of nitrogens with one attached hydrogen (secondary N) is 2. The van der Waals surface area contributed by atoms with E-state index in [0.717, 1.165) is 0 Å². The second kappa shape index (κ2) is 13.0. The standard InChI is InChI=1S/C25H41N3O6S/c1-16-15-17(9-10-19(16)30)20(21(31)27-24(2,3)4)28(12-13-29)22(32)18(11-14-35-8)26-23(33)34-25(5,6)7/h9-10,15,18,20,29-30H,11-14H2,1-8H3,(H,26,33)(H,27,31). The number of carbonyl (C=O) groups excluding carboxylic acids is 3. The molecule has 0 bridgehead atoms. The number of benzene rings is 1. The molecule has 0 aliphatic rings. The van der Waals surface area contributed by atoms with Crippen LogP contribution in [0.25, 0.3) is 0 Å². The maximum Gasteiger partial charge on any atom is 0.408 e. The van der Waals surface area contributed by atoms with Crippen LogP contribution in [-0.4, -0.2) is 75.4 Å². The summed E-state index contributed by atoms with van der Waals surface area (Å²) < 4.78 is 5.34. The minimum Gasteiger partial charge on any atom is -0.508 e. The van der Waals surface area contributed by atoms with E-state index in [1.54, 1.807) is 39.8 Å². The number of ether oxygens (including phenoxy) is 1. The predicted octanol–water partition coefficient (Wildman–Crippen LogP) is 3.12. The van der Waals surface area contributed by atoms with Crippen molar-refractivity contribution in [3.63, 3.8) is 0 Å². The summed E-state index contributed by atoms with van der Waals surface area (Å²) in [4.78, 5) is 41.0. The lowest BCUT2D eigenvalue weighted by Gasteiger charge is -2.35. The van der Waals surface area contributed by atoms with Gasteiger partial charge in [0.25, 0.3) is 0 Å². The van der Waals surface area contributed by atoms with Crippen molar-refractivity contribution in [3.05, 3.63) is 29.3 Å². The monoisotopic (exact) mass is 511 g/mol. The van der Waals surface area contributed by atoms with Crippen LogP contribution in [0.2, 0.25) is 0 Å². The van der Waals surface area contributed by atoms with Crippen LogP contribution in [0.5, 0.6) is 5.75 Å². The van der Waals surface area contributed by atoms with Gasteiger partial charge in [-0.3, -0.25) is 9.59 Å². The molecule has 0 saturated carbocycles. The van der Waals surface area contributed by atoms with Gasteiger partial charge in [0.05, 0.1) is 6.61 Å². The number of aliphatic hydroxyl groups excluding tert-OH is 1. The van der Waals surface area contributed by atoms with E-state index >= 15 is 0 Å². The van der Waals surface area contributed by atoms with Crippen LogP contribution in [-0.2, 0) is 14.3 Å². The third-order valence-electron chi connectivity index (χ3n) is 4.82. The molecule has 1 aromatic carbocycles. The highest BCUT2D eigenvalue weighted by atomic mass is 32.2. The van der Waals surface area contributed by atoms with Crippen molar-refractivity contribution in [2.75, 3.05) is 25.2 Å². The largest absolute Gasteiger partial charge is 0.508 e. The molecule has 0 saturated heterocycles. The van der Waals surface area contributed by atoms with Crippen molar-refractivity contribution in [3.8, 4) is 5.75 Å². The van der Waals surface area contributed by atoms with E-state index in [9.17, 15) is 24.6 Å². The number of aliphatic hydroxyl groups is 1. The number of phenols is 1. The van der Waals surface area contributed by atoms with Gasteiger partial charge in [-0.2, -0.15) is 11.8 Å². The number of amides is 3. The highest BCUT2D eigenvalue weighted by Crippen LogP contribution is 2.28. The van der Waals surface area contributed by atoms with E-state index in [0.29, 0.717) is 23.3 Å². The Hall–Kier alpha value is -2.46. The second-order valence-electron chi connectivity index (χ2n) is 10.4. The predicted molar refractivity (Wildman–Crippen MR) is 138 cm³/mol. The topological polar surface area (TPSA) is 128 Å². The summed E-state index contributed by atoms with van der Waals surface area (Å²) in [6.07, 6.45) is 1.46. The van der Waals surface area contributed by atoms with Crippen LogP contribution in [0.4, 0.5) is 4.79 Å². The molecular weight excluding hydrogens is 470 g/mol. The Balaban J connectivity index is 3.47. The fraction of sp³-hybridized carbons (Fsp3) is 0.640. The molecular formula is C25H41N3O6S. The number of aromatic hydroxyl groups is 1. The van der Waals surface area contributed by atoms with Crippen molar-refractivity contribution in [1.82, 2.24) is 15.5 Å². The lowest BCUT2D eigenvalue weighted by Crippen LogP contribution is -2.55. The number of aryl methyl sites for hydroxylation is 1. The Bertz CT molecular complexity index is 879. The number of hydrogen-bond donors (Lipinski definition) is 4. The molecule has 0 radical (unpaired) electrons. The fourth-order valence-corrected chi connectivity index (χ4v) is 3.85. The molecule has 0 aromatic heterocycles. The lowest BCUT2D eigenvalue weighted by atomic mass is 9.98. The number of thioether (sulfide) groups is 1. The van der Waals surface area contributed by atoms with Crippen LogP contribution >= 0.6 is 11.8 Å². The average Bonchev–Trinajstić information content (AvgIpc) is 2.70. The molecule has 35 heavy (non-hydrogen) atoms. The molecule has 9 nitrogen and oxygen atoms in total. The molecule has 0 heterocycles. The normalized spacial score (nSPS) is 13.5. The molecule has 0 spiro atoms. The van der Waals surface area contributed by atoms with Gasteiger partial charge in [-0.15, -0.1) is 0 Å². The Morgan fingerprint density at radius 2 is 1.77 bits per heavy atom. The number of rotatable bonds is 10. The van der Waals surface area contributed by atoms with Gasteiger partial charge < -0.3 is 30.5 Å². The summed E-state index contributed by atoms with van der Waals surface area (Å²) in [6, 6.07) is 2.62. The molecule has 2 atom stereocenters. The van der Waals surface area contributed by atoms with Gasteiger partial charge in [0.1, 0.15) is 23.4 Å². The van der Waals surface area contributed by atoms with Gasteiger partial charge in [0.2, 0.25) is 11.8 Å². The first-order valence-electron chi connectivity index (χ1n) is 11.6. The third-order valence-corrected chi connectivity index (χ3v) is 5.46. The lowest BCUT2D eigenvalue weighted by molar-refractivity contribution is -0.143. The SMILES string of the molecule is CSCCC(NC(=O)OC(C)(C)C)C(=O)N(CCO)C(C(=O)NC(C)(C)C)c1ccc(O)c(C)c1. The molecule has 198 valence electrons. The number of phenolic OH excluding ortho intramolecular Hbond substituents is 1. The van der Waals surface area contributed by atoms with Crippen molar-refractivity contribution in [2.45, 2.75) is 78.1 Å². The first-order chi connectivity index (χ1) is 16.1. The van der Waals surface area contributed by atoms with Crippen molar-refractivity contribution < 1.29 is 29.3 Å². The van der Waals surface area contributed by atoms with E-state index in [1.165, 1.54) is 22.7 Å². The van der Waals surface area contributed by atoms with Gasteiger partial charge in [-0.05, 0) is 90.2 Å². The van der Waals surface area contributed by atoms with E-state index in [4.69, 9.17) is 4.74 Å². The van der Waals surface area contributed by atoms with E-state index in [1.807, 2.05) is 27.0 Å². The molecule has 4 N–H and O–H groups in total. The fourth-order valence-electron chi connectivity index (χ4n) is 3.38. The first kappa shape index (κ1) is 30.6. The number of hydrogen-bond acceptors (Lipinski definition) is 7. The zero-order valence-electron chi connectivity index (χ0n) is 22.1. The summed E-state index contributed by atoms with van der Waals surface area (Å²) in [5.41, 5.74) is -0.314. The summed E-state index contributed by atoms with van der Waals surface area (Å²) >= 11 is 1.52. The summed E-state index contributed by atoms with van der Waals surface area (Å²) in [5, 5.41) is 25.3.